The molecule has 0 aromatic heterocycles. The Morgan fingerprint density at radius 2 is 1.73 bits per heavy atom. The van der Waals surface area contributed by atoms with E-state index in [0.29, 0.717) is 6.42 Å². The summed E-state index contributed by atoms with van der Waals surface area (Å²) in [6.07, 6.45) is 0.360. The summed E-state index contributed by atoms with van der Waals surface area (Å²) in [5, 5.41) is 5.49. The van der Waals surface area contributed by atoms with E-state index < -0.39 is 17.6 Å². The van der Waals surface area contributed by atoms with Crippen LogP contribution >= 0.6 is 0 Å². The number of hydrogen-bond donors (Lipinski definition) is 1. The van der Waals surface area contributed by atoms with Crippen molar-refractivity contribution < 1.29 is 19.1 Å². The van der Waals surface area contributed by atoms with Crippen LogP contribution in [-0.4, -0.2) is 30.7 Å². The summed E-state index contributed by atoms with van der Waals surface area (Å²) >= 11 is 0. The van der Waals surface area contributed by atoms with Crippen LogP contribution < -0.4 is 5.32 Å². The minimum atomic E-state index is -0.575. The number of carbonyl (C=O) groups is 2. The maximum absolute atomic E-state index is 12.8. The normalized spacial score (nSPS) is 23.0. The molecule has 1 fully saturated rings. The molecule has 0 amide bonds. The van der Waals surface area contributed by atoms with E-state index in [-0.39, 0.29) is 18.0 Å². The lowest BCUT2D eigenvalue weighted by Gasteiger charge is -2.25. The van der Waals surface area contributed by atoms with E-state index in [0.717, 1.165) is 16.3 Å². The van der Waals surface area contributed by atoms with Crippen LogP contribution in [0.15, 0.2) is 42.5 Å². The molecule has 26 heavy (non-hydrogen) atoms. The van der Waals surface area contributed by atoms with E-state index in [2.05, 4.69) is 11.4 Å². The van der Waals surface area contributed by atoms with Crippen LogP contribution in [0, 0.1) is 5.92 Å². The molecule has 138 valence electrons. The SMILES string of the molecule is COC(=O)[C@@H]1C[C@H](C(=O)OC(C)(C)C)[C@H](c2ccc3ccccc3c2)N1. The van der Waals surface area contributed by atoms with Gasteiger partial charge < -0.3 is 9.47 Å². The highest BCUT2D eigenvalue weighted by molar-refractivity contribution is 5.84. The molecule has 1 N–H and O–H groups in total. The van der Waals surface area contributed by atoms with Gasteiger partial charge in [-0.25, -0.2) is 0 Å². The number of nitrogens with one attached hydrogen (secondary N) is 1. The molecule has 1 aliphatic heterocycles. The van der Waals surface area contributed by atoms with Gasteiger partial charge in [0, 0.05) is 6.04 Å². The van der Waals surface area contributed by atoms with Crippen molar-refractivity contribution in [2.75, 3.05) is 7.11 Å². The summed E-state index contributed by atoms with van der Waals surface area (Å²) < 4.78 is 10.5. The smallest absolute Gasteiger partial charge is 0.322 e. The Morgan fingerprint density at radius 1 is 1.04 bits per heavy atom. The van der Waals surface area contributed by atoms with E-state index in [9.17, 15) is 9.59 Å². The van der Waals surface area contributed by atoms with Crippen molar-refractivity contribution in [2.45, 2.75) is 44.9 Å². The minimum absolute atomic E-state index is 0.293. The van der Waals surface area contributed by atoms with Crippen molar-refractivity contribution in [3.63, 3.8) is 0 Å². The number of fused-ring (bicyclic) bond motifs is 1. The Kier molecular flexibility index (Phi) is 5.01. The Bertz CT molecular complexity index is 824. The van der Waals surface area contributed by atoms with Gasteiger partial charge in [0.05, 0.1) is 13.0 Å². The monoisotopic (exact) mass is 355 g/mol. The zero-order valence-electron chi connectivity index (χ0n) is 15.6. The third-order valence-electron chi connectivity index (χ3n) is 4.60. The fraction of sp³-hybridized carbons (Fsp3) is 0.429. The van der Waals surface area contributed by atoms with Crippen molar-refractivity contribution in [1.29, 1.82) is 0 Å². The number of carbonyl (C=O) groups excluding carboxylic acids is 2. The molecule has 1 saturated heterocycles. The summed E-state index contributed by atoms with van der Waals surface area (Å²) in [6.45, 7) is 5.53. The first-order valence-electron chi connectivity index (χ1n) is 8.84. The van der Waals surface area contributed by atoms with Gasteiger partial charge in [-0.2, -0.15) is 0 Å². The van der Waals surface area contributed by atoms with Crippen molar-refractivity contribution in [2.24, 2.45) is 5.92 Å². The summed E-state index contributed by atoms with van der Waals surface area (Å²) in [6, 6.07) is 13.3. The van der Waals surface area contributed by atoms with E-state index in [4.69, 9.17) is 9.47 Å². The zero-order chi connectivity index (χ0) is 18.9. The molecule has 0 unspecified atom stereocenters. The molecule has 5 nitrogen and oxygen atoms in total. The highest BCUT2D eigenvalue weighted by atomic mass is 16.6. The fourth-order valence-electron chi connectivity index (χ4n) is 3.44. The van der Waals surface area contributed by atoms with E-state index in [1.807, 2.05) is 57.2 Å². The van der Waals surface area contributed by atoms with Gasteiger partial charge in [-0.1, -0.05) is 36.4 Å². The second-order valence-corrected chi connectivity index (χ2v) is 7.70. The Hall–Kier alpha value is -2.40. The van der Waals surface area contributed by atoms with Crippen LogP contribution in [0.1, 0.15) is 38.8 Å². The van der Waals surface area contributed by atoms with E-state index >= 15 is 0 Å². The third kappa shape index (κ3) is 3.88. The average Bonchev–Trinajstić information content (AvgIpc) is 3.04. The third-order valence-corrected chi connectivity index (χ3v) is 4.60. The van der Waals surface area contributed by atoms with Crippen LogP contribution in [-0.2, 0) is 19.1 Å². The summed E-state index contributed by atoms with van der Waals surface area (Å²) in [5.41, 5.74) is 0.389. The Labute approximate surface area is 153 Å². The number of ether oxygens (including phenoxy) is 2. The van der Waals surface area contributed by atoms with Crippen LogP contribution in [0.4, 0.5) is 0 Å². The standard InChI is InChI=1S/C21H25NO4/c1-21(2,3)26-19(23)16-12-17(20(24)25-4)22-18(16)15-10-9-13-7-5-6-8-14(13)11-15/h5-11,16-18,22H,12H2,1-4H3/t16-,17-,18-/m0/s1. The molecule has 0 radical (unpaired) electrons. The van der Waals surface area contributed by atoms with Gasteiger partial charge in [0.1, 0.15) is 11.6 Å². The molecule has 2 aromatic carbocycles. The van der Waals surface area contributed by atoms with Crippen molar-refractivity contribution >= 4 is 22.7 Å². The lowest BCUT2D eigenvalue weighted by Crippen LogP contribution is -2.33. The Balaban J connectivity index is 1.93. The molecule has 5 heteroatoms. The molecule has 1 heterocycles. The molecular weight excluding hydrogens is 330 g/mol. The van der Waals surface area contributed by atoms with Gasteiger partial charge in [0.2, 0.25) is 0 Å². The second kappa shape index (κ2) is 7.08. The zero-order valence-corrected chi connectivity index (χ0v) is 15.6. The van der Waals surface area contributed by atoms with Crippen LogP contribution in [0.3, 0.4) is 0 Å². The van der Waals surface area contributed by atoms with Crippen LogP contribution in [0.25, 0.3) is 10.8 Å². The molecule has 0 spiro atoms. The predicted octanol–water partition coefficient (Wildman–Crippen LogP) is 3.37. The van der Waals surface area contributed by atoms with Gasteiger partial charge >= 0.3 is 11.9 Å². The number of hydrogen-bond acceptors (Lipinski definition) is 5. The van der Waals surface area contributed by atoms with Gasteiger partial charge in [-0.3, -0.25) is 14.9 Å². The summed E-state index contributed by atoms with van der Waals surface area (Å²) in [5.74, 6) is -1.10. The molecular formula is C21H25NO4. The molecule has 1 aliphatic rings. The maximum atomic E-state index is 12.8. The highest BCUT2D eigenvalue weighted by Crippen LogP contribution is 2.36. The number of benzene rings is 2. The molecule has 2 aromatic rings. The largest absolute Gasteiger partial charge is 0.468 e. The molecule has 0 bridgehead atoms. The predicted molar refractivity (Wildman–Crippen MR) is 99.6 cm³/mol. The first-order valence-corrected chi connectivity index (χ1v) is 8.84. The molecule has 0 saturated carbocycles. The summed E-state index contributed by atoms with van der Waals surface area (Å²) in [4.78, 5) is 24.8. The van der Waals surface area contributed by atoms with Gasteiger partial charge in [0.25, 0.3) is 0 Å². The minimum Gasteiger partial charge on any atom is -0.468 e. The van der Waals surface area contributed by atoms with Crippen LogP contribution in [0.5, 0.6) is 0 Å². The molecule has 3 atom stereocenters. The molecule has 3 rings (SSSR count). The van der Waals surface area contributed by atoms with Gasteiger partial charge in [-0.15, -0.1) is 0 Å². The maximum Gasteiger partial charge on any atom is 0.322 e. The fourth-order valence-corrected chi connectivity index (χ4v) is 3.44. The number of esters is 2. The quantitative estimate of drug-likeness (QED) is 0.855. The second-order valence-electron chi connectivity index (χ2n) is 7.70. The Morgan fingerprint density at radius 3 is 2.38 bits per heavy atom. The topological polar surface area (TPSA) is 64.6 Å². The van der Waals surface area contributed by atoms with Crippen molar-refractivity contribution in [3.05, 3.63) is 48.0 Å². The lowest BCUT2D eigenvalue weighted by atomic mass is 9.92. The number of methoxy groups -OCH3 is 1. The van der Waals surface area contributed by atoms with E-state index in [1.54, 1.807) is 0 Å². The summed E-state index contributed by atoms with van der Waals surface area (Å²) in [7, 11) is 1.36. The number of rotatable bonds is 3. The average molecular weight is 355 g/mol. The van der Waals surface area contributed by atoms with Gasteiger partial charge in [-0.05, 0) is 49.6 Å². The first-order chi connectivity index (χ1) is 12.3. The first kappa shape index (κ1) is 18.4. The molecule has 0 aliphatic carbocycles. The van der Waals surface area contributed by atoms with Crippen molar-refractivity contribution in [1.82, 2.24) is 5.32 Å². The van der Waals surface area contributed by atoms with Crippen LogP contribution in [0.2, 0.25) is 0 Å². The van der Waals surface area contributed by atoms with Gasteiger partial charge in [0.15, 0.2) is 0 Å². The van der Waals surface area contributed by atoms with Crippen molar-refractivity contribution in [3.8, 4) is 0 Å². The highest BCUT2D eigenvalue weighted by Gasteiger charge is 2.44. The van der Waals surface area contributed by atoms with E-state index in [1.165, 1.54) is 7.11 Å². The lowest BCUT2D eigenvalue weighted by molar-refractivity contribution is -0.160.